The maximum absolute atomic E-state index is 14.4. The zero-order valence-corrected chi connectivity index (χ0v) is 14.2. The van der Waals surface area contributed by atoms with Crippen molar-refractivity contribution in [2.24, 2.45) is 5.92 Å². The Balaban J connectivity index is 1.62. The van der Waals surface area contributed by atoms with Crippen LogP contribution in [-0.4, -0.2) is 23.8 Å². The maximum atomic E-state index is 14.4. The van der Waals surface area contributed by atoms with E-state index in [-0.39, 0.29) is 17.5 Å². The van der Waals surface area contributed by atoms with Crippen molar-refractivity contribution in [2.75, 3.05) is 13.1 Å². The highest BCUT2D eigenvalue weighted by Crippen LogP contribution is 2.39. The quantitative estimate of drug-likeness (QED) is 0.797. The van der Waals surface area contributed by atoms with Crippen LogP contribution in [0.1, 0.15) is 43.0 Å². The molecule has 0 spiro atoms. The minimum atomic E-state index is -0.478. The van der Waals surface area contributed by atoms with E-state index in [2.05, 4.69) is 4.90 Å². The molecule has 0 radical (unpaired) electrons. The summed E-state index contributed by atoms with van der Waals surface area (Å²) in [6.07, 6.45) is 7.53. The van der Waals surface area contributed by atoms with Crippen LogP contribution in [0.4, 0.5) is 4.39 Å². The second-order valence-corrected chi connectivity index (χ2v) is 6.99. The Kier molecular flexibility index (Phi) is 4.53. The molecule has 3 nitrogen and oxygen atoms in total. The predicted molar refractivity (Wildman–Crippen MR) is 94.4 cm³/mol. The average molecular weight is 339 g/mol. The number of hydrogen-bond acceptors (Lipinski definition) is 3. The van der Waals surface area contributed by atoms with E-state index < -0.39 is 6.04 Å². The van der Waals surface area contributed by atoms with Crippen molar-refractivity contribution in [3.63, 3.8) is 0 Å². The van der Waals surface area contributed by atoms with Crippen LogP contribution in [0.25, 0.3) is 6.08 Å². The number of piperidine rings is 1. The van der Waals surface area contributed by atoms with Gasteiger partial charge in [-0.25, -0.2) is 4.39 Å². The highest BCUT2D eigenvalue weighted by atomic mass is 19.1. The Morgan fingerprint density at radius 3 is 2.80 bits per heavy atom. The summed E-state index contributed by atoms with van der Waals surface area (Å²) in [5.74, 6) is 0.810. The van der Waals surface area contributed by atoms with E-state index in [9.17, 15) is 9.18 Å². The first-order valence-electron chi connectivity index (χ1n) is 8.97. The lowest BCUT2D eigenvalue weighted by Crippen LogP contribution is -2.39. The van der Waals surface area contributed by atoms with Gasteiger partial charge in [-0.3, -0.25) is 9.69 Å². The van der Waals surface area contributed by atoms with E-state index in [1.54, 1.807) is 18.4 Å². The Hall–Kier alpha value is -2.20. The van der Waals surface area contributed by atoms with Gasteiger partial charge in [-0.1, -0.05) is 23.8 Å². The van der Waals surface area contributed by atoms with E-state index in [1.165, 1.54) is 11.6 Å². The smallest absolute Gasteiger partial charge is 0.157 e. The summed E-state index contributed by atoms with van der Waals surface area (Å²) in [4.78, 5) is 15.1. The van der Waals surface area contributed by atoms with Crippen LogP contribution in [0.2, 0.25) is 0 Å². The number of carbonyl (C=O) groups excluding carboxylic acids is 1. The lowest BCUT2D eigenvalue weighted by Gasteiger charge is -2.35. The molecule has 2 aromatic rings. The van der Waals surface area contributed by atoms with Crippen molar-refractivity contribution in [1.29, 1.82) is 0 Å². The molecule has 1 aliphatic carbocycles. The Bertz CT molecular complexity index is 777. The molecule has 1 unspecified atom stereocenters. The molecule has 2 fully saturated rings. The number of furan rings is 1. The van der Waals surface area contributed by atoms with E-state index in [0.29, 0.717) is 12.1 Å². The monoisotopic (exact) mass is 339 g/mol. The van der Waals surface area contributed by atoms with Crippen LogP contribution in [0.15, 0.2) is 52.7 Å². The molecule has 130 valence electrons. The summed E-state index contributed by atoms with van der Waals surface area (Å²) in [7, 11) is 0. The summed E-state index contributed by atoms with van der Waals surface area (Å²) in [6.45, 7) is 1.49. The van der Waals surface area contributed by atoms with E-state index in [4.69, 9.17) is 4.42 Å². The number of ketones is 1. The number of carbonyl (C=O) groups is 1. The molecule has 25 heavy (non-hydrogen) atoms. The Morgan fingerprint density at radius 1 is 1.24 bits per heavy atom. The number of benzene rings is 1. The van der Waals surface area contributed by atoms with Crippen LogP contribution in [0.3, 0.4) is 0 Å². The van der Waals surface area contributed by atoms with E-state index >= 15 is 0 Å². The molecular formula is C21H22FNO2. The summed E-state index contributed by atoms with van der Waals surface area (Å²) in [6, 6.07) is 10.0. The molecule has 1 aliphatic heterocycles. The van der Waals surface area contributed by atoms with E-state index in [1.807, 2.05) is 24.3 Å². The molecule has 0 N–H and O–H groups in total. The lowest BCUT2D eigenvalue weighted by molar-refractivity contribution is -0.126. The SMILES string of the molecule is O=C(C1CC1)C(c1ccccc1F)N1CCCC(=Cc2ccco2)C1. The van der Waals surface area contributed by atoms with Gasteiger partial charge in [-0.15, -0.1) is 0 Å². The number of likely N-dealkylation sites (tertiary alicyclic amines) is 1. The zero-order chi connectivity index (χ0) is 17.2. The molecule has 4 heteroatoms. The summed E-state index contributed by atoms with van der Waals surface area (Å²) in [5.41, 5.74) is 1.74. The van der Waals surface area contributed by atoms with Gasteiger partial charge in [0, 0.05) is 18.0 Å². The molecule has 1 aromatic carbocycles. The molecule has 4 rings (SSSR count). The van der Waals surface area contributed by atoms with Crippen LogP contribution in [0, 0.1) is 11.7 Å². The standard InChI is InChI=1S/C21H22FNO2/c22-19-8-2-1-7-18(19)20(21(24)16-9-10-16)23-11-3-5-15(14-23)13-17-6-4-12-25-17/h1-2,4,6-8,12-13,16,20H,3,5,9-11,14H2. The van der Waals surface area contributed by atoms with Gasteiger partial charge < -0.3 is 4.42 Å². The molecule has 1 atom stereocenters. The van der Waals surface area contributed by atoms with Crippen LogP contribution < -0.4 is 0 Å². The minimum Gasteiger partial charge on any atom is -0.465 e. The third-order valence-electron chi connectivity index (χ3n) is 5.05. The van der Waals surface area contributed by atoms with Crippen LogP contribution in [-0.2, 0) is 4.79 Å². The van der Waals surface area contributed by atoms with E-state index in [0.717, 1.165) is 38.0 Å². The molecule has 2 aliphatic rings. The number of halogens is 1. The number of nitrogens with zero attached hydrogens (tertiary/aromatic N) is 1. The van der Waals surface area contributed by atoms with Crippen molar-refractivity contribution in [3.8, 4) is 0 Å². The van der Waals surface area contributed by atoms with Gasteiger partial charge in [-0.2, -0.15) is 0 Å². The Labute approximate surface area is 147 Å². The Morgan fingerprint density at radius 2 is 2.08 bits per heavy atom. The average Bonchev–Trinajstić information content (AvgIpc) is 3.35. The largest absolute Gasteiger partial charge is 0.465 e. The zero-order valence-electron chi connectivity index (χ0n) is 14.2. The van der Waals surface area contributed by atoms with Crippen molar-refractivity contribution < 1.29 is 13.6 Å². The first-order chi connectivity index (χ1) is 12.2. The summed E-state index contributed by atoms with van der Waals surface area (Å²) in [5, 5.41) is 0. The van der Waals surface area contributed by atoms with Gasteiger partial charge in [0.1, 0.15) is 11.6 Å². The highest BCUT2D eigenvalue weighted by molar-refractivity contribution is 5.89. The van der Waals surface area contributed by atoms with Crippen molar-refractivity contribution >= 4 is 11.9 Å². The summed E-state index contributed by atoms with van der Waals surface area (Å²) >= 11 is 0. The fraction of sp³-hybridized carbons (Fsp3) is 0.381. The second kappa shape index (κ2) is 6.96. The third-order valence-corrected chi connectivity index (χ3v) is 5.05. The van der Waals surface area contributed by atoms with Crippen molar-refractivity contribution in [1.82, 2.24) is 4.90 Å². The van der Waals surface area contributed by atoms with Gasteiger partial charge in [0.15, 0.2) is 5.78 Å². The number of rotatable bonds is 5. The van der Waals surface area contributed by atoms with Gasteiger partial charge in [0.25, 0.3) is 0 Å². The van der Waals surface area contributed by atoms with Gasteiger partial charge in [-0.05, 0) is 56.5 Å². The number of Topliss-reactive ketones (excluding diaryl/α,β-unsaturated/α-hetero) is 1. The van der Waals surface area contributed by atoms with Gasteiger partial charge in [0.2, 0.25) is 0 Å². The topological polar surface area (TPSA) is 33.5 Å². The van der Waals surface area contributed by atoms with Crippen LogP contribution in [0.5, 0.6) is 0 Å². The van der Waals surface area contributed by atoms with Crippen molar-refractivity contribution in [2.45, 2.75) is 31.7 Å². The highest BCUT2D eigenvalue weighted by Gasteiger charge is 2.40. The third kappa shape index (κ3) is 3.59. The minimum absolute atomic E-state index is 0.101. The maximum Gasteiger partial charge on any atom is 0.157 e. The fourth-order valence-electron chi connectivity index (χ4n) is 3.66. The van der Waals surface area contributed by atoms with Crippen LogP contribution >= 0.6 is 0 Å². The van der Waals surface area contributed by atoms with Crippen molar-refractivity contribution in [3.05, 3.63) is 65.4 Å². The lowest BCUT2D eigenvalue weighted by atomic mass is 9.93. The van der Waals surface area contributed by atoms with Gasteiger partial charge in [0.05, 0.1) is 12.3 Å². The first-order valence-corrected chi connectivity index (χ1v) is 8.97. The summed E-state index contributed by atoms with van der Waals surface area (Å²) < 4.78 is 19.8. The molecule has 0 bridgehead atoms. The predicted octanol–water partition coefficient (Wildman–Crippen LogP) is 4.62. The molecular weight excluding hydrogens is 317 g/mol. The molecule has 0 amide bonds. The first kappa shape index (κ1) is 16.3. The second-order valence-electron chi connectivity index (χ2n) is 6.99. The number of hydrogen-bond donors (Lipinski definition) is 0. The normalized spacial score (nSPS) is 21.4. The fourth-order valence-corrected chi connectivity index (χ4v) is 3.66. The molecule has 2 heterocycles. The molecule has 1 aromatic heterocycles. The van der Waals surface area contributed by atoms with Gasteiger partial charge >= 0.3 is 0 Å². The molecule has 1 saturated heterocycles. The molecule has 1 saturated carbocycles.